The van der Waals surface area contributed by atoms with Crippen molar-refractivity contribution in [3.8, 4) is 0 Å². The number of aromatic carboxylic acids is 1. The van der Waals surface area contributed by atoms with Gasteiger partial charge in [-0.15, -0.1) is 0 Å². The first kappa shape index (κ1) is 13.5. The second-order valence-corrected chi connectivity index (χ2v) is 4.61. The smallest absolute Gasteiger partial charge is 0.336 e. The van der Waals surface area contributed by atoms with Crippen LogP contribution in [0.1, 0.15) is 33.6 Å². The second-order valence-electron chi connectivity index (χ2n) is 4.61. The number of nitrogens with zero attached hydrogens (tertiary/aromatic N) is 1. The molecule has 5 heteroatoms. The van der Waals surface area contributed by atoms with Crippen LogP contribution in [0, 0.1) is 0 Å². The van der Waals surface area contributed by atoms with E-state index in [9.17, 15) is 9.59 Å². The zero-order valence-corrected chi connectivity index (χ0v) is 10.8. The zero-order chi connectivity index (χ0) is 13.8. The van der Waals surface area contributed by atoms with Gasteiger partial charge in [-0.25, -0.2) is 4.79 Å². The maximum absolute atomic E-state index is 12.4. The van der Waals surface area contributed by atoms with E-state index >= 15 is 0 Å². The van der Waals surface area contributed by atoms with Crippen molar-refractivity contribution < 1.29 is 19.4 Å². The summed E-state index contributed by atoms with van der Waals surface area (Å²) in [6, 6.07) is 6.42. The lowest BCUT2D eigenvalue weighted by molar-refractivity contribution is 0.0359. The van der Waals surface area contributed by atoms with Gasteiger partial charge in [0, 0.05) is 26.3 Å². The van der Waals surface area contributed by atoms with E-state index in [2.05, 4.69) is 0 Å². The van der Waals surface area contributed by atoms with Gasteiger partial charge in [0.25, 0.3) is 5.91 Å². The molecule has 102 valence electrons. The van der Waals surface area contributed by atoms with Crippen molar-refractivity contribution in [1.29, 1.82) is 0 Å². The number of carbonyl (C=O) groups is 2. The molecule has 1 heterocycles. The van der Waals surface area contributed by atoms with Gasteiger partial charge in [-0.05, 0) is 25.0 Å². The number of rotatable bonds is 3. The van der Waals surface area contributed by atoms with Crippen LogP contribution >= 0.6 is 0 Å². The van der Waals surface area contributed by atoms with Crippen molar-refractivity contribution >= 4 is 11.9 Å². The van der Waals surface area contributed by atoms with Crippen molar-refractivity contribution in [2.75, 3.05) is 20.3 Å². The number of carbonyl (C=O) groups excluding carboxylic acids is 1. The average Bonchev–Trinajstić information content (AvgIpc) is 2.46. The zero-order valence-electron chi connectivity index (χ0n) is 10.8. The van der Waals surface area contributed by atoms with Crippen LogP contribution in [0.4, 0.5) is 0 Å². The molecule has 0 bridgehead atoms. The molecule has 1 saturated heterocycles. The van der Waals surface area contributed by atoms with E-state index < -0.39 is 5.97 Å². The molecule has 0 aliphatic carbocycles. The lowest BCUT2D eigenvalue weighted by atomic mass is 10.0. The van der Waals surface area contributed by atoms with E-state index in [0.29, 0.717) is 13.2 Å². The normalized spacial score (nSPS) is 16.1. The molecule has 1 N–H and O–H groups in total. The molecule has 0 radical (unpaired) electrons. The highest BCUT2D eigenvalue weighted by atomic mass is 16.5. The van der Waals surface area contributed by atoms with Crippen LogP contribution < -0.4 is 0 Å². The SMILES string of the molecule is CN(C(=O)c1ccccc1C(=O)O)C1CCOCC1. The third-order valence-electron chi connectivity index (χ3n) is 3.45. The van der Waals surface area contributed by atoms with Gasteiger partial charge in [0.2, 0.25) is 0 Å². The Kier molecular flexibility index (Phi) is 4.16. The maximum atomic E-state index is 12.4. The second kappa shape index (κ2) is 5.84. The summed E-state index contributed by atoms with van der Waals surface area (Å²) >= 11 is 0. The van der Waals surface area contributed by atoms with E-state index in [1.54, 1.807) is 30.1 Å². The molecule has 0 saturated carbocycles. The summed E-state index contributed by atoms with van der Waals surface area (Å²) in [5.74, 6) is -1.32. The minimum absolute atomic E-state index is 0.0476. The van der Waals surface area contributed by atoms with Gasteiger partial charge in [0.05, 0.1) is 11.1 Å². The molecular weight excluding hydrogens is 246 g/mol. The summed E-state index contributed by atoms with van der Waals surface area (Å²) in [6.07, 6.45) is 1.58. The summed E-state index contributed by atoms with van der Waals surface area (Å²) in [5.41, 5.74) is 0.287. The number of hydrogen-bond donors (Lipinski definition) is 1. The van der Waals surface area contributed by atoms with E-state index in [1.165, 1.54) is 6.07 Å². The highest BCUT2D eigenvalue weighted by molar-refractivity contribution is 6.04. The first-order valence-electron chi connectivity index (χ1n) is 6.28. The Balaban J connectivity index is 2.21. The van der Waals surface area contributed by atoms with Gasteiger partial charge in [-0.3, -0.25) is 4.79 Å². The average molecular weight is 263 g/mol. The monoisotopic (exact) mass is 263 g/mol. The first-order valence-corrected chi connectivity index (χ1v) is 6.28. The predicted molar refractivity (Wildman–Crippen MR) is 69.3 cm³/mol. The maximum Gasteiger partial charge on any atom is 0.336 e. The van der Waals surface area contributed by atoms with Crippen molar-refractivity contribution in [3.05, 3.63) is 35.4 Å². The molecule has 1 amide bonds. The van der Waals surface area contributed by atoms with Crippen LogP contribution in [0.2, 0.25) is 0 Å². The number of carboxylic acids is 1. The summed E-state index contributed by atoms with van der Waals surface area (Å²) in [6.45, 7) is 1.28. The fraction of sp³-hybridized carbons (Fsp3) is 0.429. The number of ether oxygens (including phenoxy) is 1. The summed E-state index contributed by atoms with van der Waals surface area (Å²) < 4.78 is 5.27. The molecule has 1 aromatic rings. The molecule has 19 heavy (non-hydrogen) atoms. The van der Waals surface area contributed by atoms with Gasteiger partial charge < -0.3 is 14.7 Å². The van der Waals surface area contributed by atoms with Crippen molar-refractivity contribution in [2.45, 2.75) is 18.9 Å². The fourth-order valence-electron chi connectivity index (χ4n) is 2.28. The molecule has 0 atom stereocenters. The molecule has 1 aromatic carbocycles. The molecule has 1 aliphatic rings. The van der Waals surface area contributed by atoms with Crippen LogP contribution in [0.3, 0.4) is 0 Å². The lowest BCUT2D eigenvalue weighted by Crippen LogP contribution is -2.41. The third-order valence-corrected chi connectivity index (χ3v) is 3.45. The first-order chi connectivity index (χ1) is 9.11. The van der Waals surface area contributed by atoms with E-state index in [0.717, 1.165) is 12.8 Å². The van der Waals surface area contributed by atoms with Gasteiger partial charge >= 0.3 is 5.97 Å². The van der Waals surface area contributed by atoms with Gasteiger partial charge in [0.1, 0.15) is 0 Å². The van der Waals surface area contributed by atoms with Crippen LogP contribution in [-0.2, 0) is 4.74 Å². The number of carboxylic acid groups (broad SMARTS) is 1. The Morgan fingerprint density at radius 3 is 2.37 bits per heavy atom. The third kappa shape index (κ3) is 2.93. The van der Waals surface area contributed by atoms with E-state index in [1.807, 2.05) is 0 Å². The Hall–Kier alpha value is -1.88. The summed E-state index contributed by atoms with van der Waals surface area (Å²) in [7, 11) is 1.72. The molecule has 1 fully saturated rings. The quantitative estimate of drug-likeness (QED) is 0.900. The Morgan fingerprint density at radius 2 is 1.79 bits per heavy atom. The predicted octanol–water partition coefficient (Wildman–Crippen LogP) is 1.64. The molecular formula is C14H17NO4. The van der Waals surface area contributed by atoms with Crippen molar-refractivity contribution in [3.63, 3.8) is 0 Å². The van der Waals surface area contributed by atoms with Crippen molar-refractivity contribution in [1.82, 2.24) is 4.90 Å². The Labute approximate surface area is 111 Å². The van der Waals surface area contributed by atoms with Gasteiger partial charge in [0.15, 0.2) is 0 Å². The van der Waals surface area contributed by atoms with E-state index in [4.69, 9.17) is 9.84 Å². The van der Waals surface area contributed by atoms with Crippen LogP contribution in [0.5, 0.6) is 0 Å². The van der Waals surface area contributed by atoms with Gasteiger partial charge in [-0.2, -0.15) is 0 Å². The molecule has 0 unspecified atom stereocenters. The highest BCUT2D eigenvalue weighted by Gasteiger charge is 2.25. The number of amides is 1. The van der Waals surface area contributed by atoms with Crippen molar-refractivity contribution in [2.24, 2.45) is 0 Å². The molecule has 5 nitrogen and oxygen atoms in total. The Morgan fingerprint density at radius 1 is 1.21 bits per heavy atom. The highest BCUT2D eigenvalue weighted by Crippen LogP contribution is 2.18. The minimum Gasteiger partial charge on any atom is -0.478 e. The Bertz CT molecular complexity index is 480. The molecule has 0 aromatic heterocycles. The number of hydrogen-bond acceptors (Lipinski definition) is 3. The topological polar surface area (TPSA) is 66.8 Å². The number of benzene rings is 1. The fourth-order valence-corrected chi connectivity index (χ4v) is 2.28. The molecule has 2 rings (SSSR count). The summed E-state index contributed by atoms with van der Waals surface area (Å²) in [4.78, 5) is 25.2. The lowest BCUT2D eigenvalue weighted by Gasteiger charge is -2.31. The molecule has 1 aliphatic heterocycles. The van der Waals surface area contributed by atoms with Gasteiger partial charge in [-0.1, -0.05) is 12.1 Å². The van der Waals surface area contributed by atoms with Crippen LogP contribution in [0.15, 0.2) is 24.3 Å². The molecule has 0 spiro atoms. The van der Waals surface area contributed by atoms with Crippen LogP contribution in [0.25, 0.3) is 0 Å². The van der Waals surface area contributed by atoms with Crippen LogP contribution in [-0.4, -0.2) is 48.2 Å². The largest absolute Gasteiger partial charge is 0.478 e. The minimum atomic E-state index is -1.08. The van der Waals surface area contributed by atoms with E-state index in [-0.39, 0.29) is 23.1 Å². The standard InChI is InChI=1S/C14H17NO4/c1-15(10-6-8-19-9-7-10)13(16)11-4-2-3-5-12(11)14(17)18/h2-5,10H,6-9H2,1H3,(H,17,18). The summed E-state index contributed by atoms with van der Waals surface area (Å²) in [5, 5.41) is 9.12.